The zero-order chi connectivity index (χ0) is 19.3. The van der Waals surface area contributed by atoms with Crippen molar-refractivity contribution in [2.45, 2.75) is 13.3 Å². The molecule has 1 aromatic rings. The van der Waals surface area contributed by atoms with Crippen molar-refractivity contribution in [2.75, 3.05) is 46.4 Å². The lowest BCUT2D eigenvalue weighted by molar-refractivity contribution is -0.136. The zero-order valence-corrected chi connectivity index (χ0v) is 16.0. The highest BCUT2D eigenvalue weighted by Gasteiger charge is 2.36. The number of anilines is 1. The quantitative estimate of drug-likeness (QED) is 0.426. The fourth-order valence-corrected chi connectivity index (χ4v) is 2.90. The number of methoxy groups -OCH3 is 2. The summed E-state index contributed by atoms with van der Waals surface area (Å²) < 4.78 is 9.95. The molecule has 6 nitrogen and oxygen atoms in total. The number of benzene rings is 1. The van der Waals surface area contributed by atoms with Gasteiger partial charge in [-0.3, -0.25) is 4.79 Å². The van der Waals surface area contributed by atoms with Gasteiger partial charge in [0.2, 0.25) is 0 Å². The van der Waals surface area contributed by atoms with Gasteiger partial charge in [0.1, 0.15) is 0 Å². The Morgan fingerprint density at radius 2 is 1.85 bits per heavy atom. The first kappa shape index (κ1) is 19.7. The molecule has 1 aliphatic rings. The highest BCUT2D eigenvalue weighted by atomic mass is 16.5. The number of nitrogens with zero attached hydrogens (tertiary/aromatic N) is 2. The Bertz CT molecular complexity index is 733. The van der Waals surface area contributed by atoms with Gasteiger partial charge in [-0.05, 0) is 37.1 Å². The number of allylic oxidation sites excluding steroid dienone is 1. The zero-order valence-electron chi connectivity index (χ0n) is 16.0. The molecule has 1 aromatic carbocycles. The van der Waals surface area contributed by atoms with Gasteiger partial charge in [0.15, 0.2) is 0 Å². The first-order valence-corrected chi connectivity index (χ1v) is 8.50. The van der Waals surface area contributed by atoms with E-state index in [-0.39, 0.29) is 5.91 Å². The van der Waals surface area contributed by atoms with E-state index < -0.39 is 5.97 Å². The average molecular weight is 358 g/mol. The molecule has 0 saturated heterocycles. The minimum absolute atomic E-state index is 0.185. The summed E-state index contributed by atoms with van der Waals surface area (Å²) in [4.78, 5) is 28.8. The molecule has 0 unspecified atom stereocenters. The Labute approximate surface area is 154 Å². The lowest BCUT2D eigenvalue weighted by Gasteiger charge is -2.17. The maximum atomic E-state index is 12.9. The van der Waals surface area contributed by atoms with Gasteiger partial charge in [-0.2, -0.15) is 0 Å². The fraction of sp³-hybridized carbons (Fsp3) is 0.400. The second-order valence-corrected chi connectivity index (χ2v) is 6.30. The van der Waals surface area contributed by atoms with Crippen LogP contribution in [0.3, 0.4) is 0 Å². The van der Waals surface area contributed by atoms with Crippen LogP contribution in [-0.2, 0) is 19.1 Å². The lowest BCUT2D eigenvalue weighted by Crippen LogP contribution is -2.26. The van der Waals surface area contributed by atoms with Crippen LogP contribution in [0.4, 0.5) is 5.69 Å². The maximum Gasteiger partial charge on any atom is 0.340 e. The third-order valence-electron chi connectivity index (χ3n) is 4.35. The highest BCUT2D eigenvalue weighted by molar-refractivity contribution is 6.16. The fourth-order valence-electron chi connectivity index (χ4n) is 2.90. The molecule has 0 fully saturated rings. The van der Waals surface area contributed by atoms with Crippen molar-refractivity contribution in [1.82, 2.24) is 4.90 Å². The van der Waals surface area contributed by atoms with E-state index in [0.717, 1.165) is 11.3 Å². The summed E-state index contributed by atoms with van der Waals surface area (Å²) in [7, 11) is 6.88. The second-order valence-electron chi connectivity index (χ2n) is 6.30. The van der Waals surface area contributed by atoms with Crippen molar-refractivity contribution in [3.05, 3.63) is 46.7 Å². The van der Waals surface area contributed by atoms with Crippen molar-refractivity contribution in [3.8, 4) is 0 Å². The number of hydrogen-bond acceptors (Lipinski definition) is 5. The minimum Gasteiger partial charge on any atom is -0.465 e. The topological polar surface area (TPSA) is 59.1 Å². The molecule has 26 heavy (non-hydrogen) atoms. The largest absolute Gasteiger partial charge is 0.465 e. The molecule has 0 N–H and O–H groups in total. The SMILES string of the molecule is COCCCN1C(=O)/C(=C/c2ccc(N(C)C)cc2)C(C(=O)OC)=C1C. The van der Waals surface area contributed by atoms with Crippen LogP contribution in [0.25, 0.3) is 6.08 Å². The molecule has 1 aliphatic heterocycles. The molecule has 0 spiro atoms. The molecule has 2 rings (SSSR count). The Hall–Kier alpha value is -2.60. The molecular formula is C20H26N2O4. The van der Waals surface area contributed by atoms with E-state index in [0.29, 0.717) is 36.4 Å². The summed E-state index contributed by atoms with van der Waals surface area (Å²) in [5, 5.41) is 0. The molecule has 0 bridgehead atoms. The second kappa shape index (κ2) is 8.67. The standard InChI is InChI=1S/C20H26N2O4/c1-14-18(20(24)26-5)17(19(23)22(14)11-6-12-25-4)13-15-7-9-16(10-8-15)21(2)3/h7-10,13H,6,11-12H2,1-5H3/b17-13+. The number of hydrogen-bond donors (Lipinski definition) is 0. The van der Waals surface area contributed by atoms with Crippen LogP contribution in [0.15, 0.2) is 41.1 Å². The van der Waals surface area contributed by atoms with Crippen LogP contribution in [0.5, 0.6) is 0 Å². The maximum absolute atomic E-state index is 12.9. The van der Waals surface area contributed by atoms with Gasteiger partial charge >= 0.3 is 5.97 Å². The normalized spacial score (nSPS) is 15.8. The predicted molar refractivity (Wildman–Crippen MR) is 102 cm³/mol. The summed E-state index contributed by atoms with van der Waals surface area (Å²) in [5.41, 5.74) is 3.22. The Balaban J connectivity index is 2.37. The van der Waals surface area contributed by atoms with Crippen LogP contribution in [0.1, 0.15) is 18.9 Å². The Morgan fingerprint density at radius 3 is 2.38 bits per heavy atom. The van der Waals surface area contributed by atoms with Crippen molar-refractivity contribution >= 4 is 23.6 Å². The van der Waals surface area contributed by atoms with E-state index in [1.807, 2.05) is 43.3 Å². The number of carbonyl (C=O) groups is 2. The van der Waals surface area contributed by atoms with Gasteiger partial charge in [0.05, 0.1) is 18.3 Å². The van der Waals surface area contributed by atoms with Crippen LogP contribution >= 0.6 is 0 Å². The Morgan fingerprint density at radius 1 is 1.19 bits per heavy atom. The predicted octanol–water partition coefficient (Wildman–Crippen LogP) is 2.46. The monoisotopic (exact) mass is 358 g/mol. The number of amides is 1. The van der Waals surface area contributed by atoms with Gasteiger partial charge in [-0.15, -0.1) is 0 Å². The van der Waals surface area contributed by atoms with Gasteiger partial charge < -0.3 is 19.3 Å². The van der Waals surface area contributed by atoms with Gasteiger partial charge in [0, 0.05) is 45.7 Å². The van der Waals surface area contributed by atoms with E-state index in [2.05, 4.69) is 0 Å². The summed E-state index contributed by atoms with van der Waals surface area (Å²) >= 11 is 0. The van der Waals surface area contributed by atoms with Gasteiger partial charge in [-0.25, -0.2) is 4.79 Å². The van der Waals surface area contributed by atoms with Gasteiger partial charge in [0.25, 0.3) is 5.91 Å². The van der Waals surface area contributed by atoms with E-state index in [9.17, 15) is 9.59 Å². The third kappa shape index (κ3) is 4.14. The third-order valence-corrected chi connectivity index (χ3v) is 4.35. The van der Waals surface area contributed by atoms with E-state index in [1.165, 1.54) is 7.11 Å². The number of rotatable bonds is 7. The summed E-state index contributed by atoms with van der Waals surface area (Å²) in [5.74, 6) is -0.683. The molecule has 140 valence electrons. The summed E-state index contributed by atoms with van der Waals surface area (Å²) in [6.07, 6.45) is 2.44. The molecule has 0 radical (unpaired) electrons. The van der Waals surface area contributed by atoms with E-state index in [4.69, 9.17) is 9.47 Å². The van der Waals surface area contributed by atoms with E-state index in [1.54, 1.807) is 25.0 Å². The lowest BCUT2D eigenvalue weighted by atomic mass is 10.0. The number of carbonyl (C=O) groups excluding carboxylic acids is 2. The average Bonchev–Trinajstić information content (AvgIpc) is 2.86. The van der Waals surface area contributed by atoms with Crippen LogP contribution in [0, 0.1) is 0 Å². The molecule has 0 aromatic heterocycles. The van der Waals surface area contributed by atoms with Gasteiger partial charge in [-0.1, -0.05) is 12.1 Å². The van der Waals surface area contributed by atoms with Crippen LogP contribution in [0.2, 0.25) is 0 Å². The first-order valence-electron chi connectivity index (χ1n) is 8.50. The highest BCUT2D eigenvalue weighted by Crippen LogP contribution is 2.31. The Kier molecular flexibility index (Phi) is 6.58. The molecule has 0 atom stereocenters. The van der Waals surface area contributed by atoms with Crippen molar-refractivity contribution in [3.63, 3.8) is 0 Å². The number of ether oxygens (including phenoxy) is 2. The summed E-state index contributed by atoms with van der Waals surface area (Å²) in [6.45, 7) is 2.82. The first-order chi connectivity index (χ1) is 12.4. The van der Waals surface area contributed by atoms with Crippen molar-refractivity contribution in [2.24, 2.45) is 0 Å². The van der Waals surface area contributed by atoms with Crippen LogP contribution < -0.4 is 4.90 Å². The molecule has 1 amide bonds. The molecule has 0 saturated carbocycles. The van der Waals surface area contributed by atoms with Crippen molar-refractivity contribution < 1.29 is 19.1 Å². The smallest absolute Gasteiger partial charge is 0.340 e. The molecule has 1 heterocycles. The summed E-state index contributed by atoms with van der Waals surface area (Å²) in [6, 6.07) is 7.79. The van der Waals surface area contributed by atoms with Crippen LogP contribution in [-0.4, -0.2) is 58.2 Å². The van der Waals surface area contributed by atoms with E-state index >= 15 is 0 Å². The number of esters is 1. The molecule has 6 heteroatoms. The molecular weight excluding hydrogens is 332 g/mol. The van der Waals surface area contributed by atoms with Crippen molar-refractivity contribution in [1.29, 1.82) is 0 Å². The minimum atomic E-state index is -0.499. The molecule has 0 aliphatic carbocycles.